The molecule has 2 aliphatic rings. The molecule has 152 valence electrons. The zero-order valence-electron chi connectivity index (χ0n) is 16.9. The molecule has 0 fully saturated rings. The van der Waals surface area contributed by atoms with E-state index >= 15 is 0 Å². The standard InChI is InChI=1S/C26H25FN2O/c27-25-8-4-3-7-21(25)16-26(30)28-23-10-9-18-11-12-29(17-22(18)13-23)24-14-19-5-1-2-6-20(19)15-24/h1-10,13,24H,11-12,14-17H2,(H,28,30). The third-order valence-electron chi connectivity index (χ3n) is 6.39. The third-order valence-corrected chi connectivity index (χ3v) is 6.39. The average Bonchev–Trinajstić information content (AvgIpc) is 3.19. The lowest BCUT2D eigenvalue weighted by Gasteiger charge is -2.34. The highest BCUT2D eigenvalue weighted by molar-refractivity contribution is 5.92. The van der Waals surface area contributed by atoms with Crippen LogP contribution in [0.1, 0.15) is 27.8 Å². The Bertz CT molecular complexity index is 1070. The smallest absolute Gasteiger partial charge is 0.228 e. The second-order valence-electron chi connectivity index (χ2n) is 8.35. The van der Waals surface area contributed by atoms with E-state index < -0.39 is 0 Å². The molecule has 4 heteroatoms. The van der Waals surface area contributed by atoms with Gasteiger partial charge in [-0.3, -0.25) is 9.69 Å². The summed E-state index contributed by atoms with van der Waals surface area (Å²) in [7, 11) is 0. The van der Waals surface area contributed by atoms with Crippen molar-refractivity contribution in [3.63, 3.8) is 0 Å². The highest BCUT2D eigenvalue weighted by Gasteiger charge is 2.29. The second kappa shape index (κ2) is 8.04. The van der Waals surface area contributed by atoms with Crippen LogP contribution < -0.4 is 5.32 Å². The van der Waals surface area contributed by atoms with Gasteiger partial charge in [0.15, 0.2) is 0 Å². The number of anilines is 1. The Morgan fingerprint density at radius 2 is 1.67 bits per heavy atom. The molecule has 0 spiro atoms. The first kappa shape index (κ1) is 19.0. The Labute approximate surface area is 176 Å². The van der Waals surface area contributed by atoms with Crippen LogP contribution in [0.3, 0.4) is 0 Å². The van der Waals surface area contributed by atoms with Gasteiger partial charge in [0.2, 0.25) is 5.91 Å². The number of benzene rings is 3. The Morgan fingerprint density at radius 3 is 2.43 bits per heavy atom. The van der Waals surface area contributed by atoms with Crippen LogP contribution in [0, 0.1) is 5.82 Å². The molecule has 0 unspecified atom stereocenters. The maximum atomic E-state index is 13.8. The van der Waals surface area contributed by atoms with E-state index in [-0.39, 0.29) is 18.1 Å². The summed E-state index contributed by atoms with van der Waals surface area (Å²) in [4.78, 5) is 15.0. The topological polar surface area (TPSA) is 32.3 Å². The summed E-state index contributed by atoms with van der Waals surface area (Å²) in [5.74, 6) is -0.537. The van der Waals surface area contributed by atoms with Crippen LogP contribution in [-0.2, 0) is 37.0 Å². The largest absolute Gasteiger partial charge is 0.326 e. The number of hydrogen-bond acceptors (Lipinski definition) is 2. The molecule has 0 atom stereocenters. The van der Waals surface area contributed by atoms with Gasteiger partial charge in [-0.05, 0) is 65.3 Å². The van der Waals surface area contributed by atoms with Crippen molar-refractivity contribution in [3.05, 3.63) is 100 Å². The van der Waals surface area contributed by atoms with Gasteiger partial charge in [0.25, 0.3) is 0 Å². The van der Waals surface area contributed by atoms with Gasteiger partial charge in [-0.15, -0.1) is 0 Å². The zero-order chi connectivity index (χ0) is 20.5. The number of nitrogens with one attached hydrogen (secondary N) is 1. The number of carbonyl (C=O) groups excluding carboxylic acids is 1. The van der Waals surface area contributed by atoms with Crippen LogP contribution in [0.4, 0.5) is 10.1 Å². The van der Waals surface area contributed by atoms with E-state index in [1.165, 1.54) is 28.3 Å². The Kier molecular flexibility index (Phi) is 5.09. The highest BCUT2D eigenvalue weighted by atomic mass is 19.1. The molecule has 0 aromatic heterocycles. The second-order valence-corrected chi connectivity index (χ2v) is 8.35. The van der Waals surface area contributed by atoms with Gasteiger partial charge >= 0.3 is 0 Å². The SMILES string of the molecule is O=C(Cc1ccccc1F)Nc1ccc2c(c1)CN(C1Cc3ccccc3C1)CC2. The number of fused-ring (bicyclic) bond motifs is 2. The van der Waals surface area contributed by atoms with Crippen LogP contribution in [0.25, 0.3) is 0 Å². The van der Waals surface area contributed by atoms with Crippen LogP contribution in [0.5, 0.6) is 0 Å². The predicted octanol–water partition coefficient (Wildman–Crippen LogP) is 4.53. The molecule has 1 N–H and O–H groups in total. The summed E-state index contributed by atoms with van der Waals surface area (Å²) < 4.78 is 13.8. The monoisotopic (exact) mass is 400 g/mol. The molecule has 0 radical (unpaired) electrons. The molecule has 30 heavy (non-hydrogen) atoms. The molecule has 3 nitrogen and oxygen atoms in total. The average molecular weight is 400 g/mol. The van der Waals surface area contributed by atoms with Crippen LogP contribution in [0.2, 0.25) is 0 Å². The molecule has 5 rings (SSSR count). The minimum absolute atomic E-state index is 0.0379. The maximum absolute atomic E-state index is 13.8. The van der Waals surface area contributed by atoms with Crippen molar-refractivity contribution < 1.29 is 9.18 Å². The van der Waals surface area contributed by atoms with Gasteiger partial charge in [-0.25, -0.2) is 4.39 Å². The Balaban J connectivity index is 1.26. The number of carbonyl (C=O) groups is 1. The maximum Gasteiger partial charge on any atom is 0.228 e. The first-order chi connectivity index (χ1) is 14.7. The molecule has 3 aromatic carbocycles. The minimum atomic E-state index is -0.341. The minimum Gasteiger partial charge on any atom is -0.326 e. The predicted molar refractivity (Wildman–Crippen MR) is 117 cm³/mol. The lowest BCUT2D eigenvalue weighted by atomic mass is 9.97. The summed E-state index contributed by atoms with van der Waals surface area (Å²) in [6.45, 7) is 1.98. The van der Waals surface area contributed by atoms with Crippen LogP contribution >= 0.6 is 0 Å². The molecule has 1 aliphatic carbocycles. The van der Waals surface area contributed by atoms with Gasteiger partial charge < -0.3 is 5.32 Å². The fourth-order valence-corrected chi connectivity index (χ4v) is 4.78. The Hall–Kier alpha value is -2.98. The van der Waals surface area contributed by atoms with Gasteiger partial charge in [0, 0.05) is 24.8 Å². The number of halogens is 1. The lowest BCUT2D eigenvalue weighted by molar-refractivity contribution is -0.115. The fourth-order valence-electron chi connectivity index (χ4n) is 4.78. The highest BCUT2D eigenvalue weighted by Crippen LogP contribution is 2.30. The van der Waals surface area contributed by atoms with E-state index in [2.05, 4.69) is 46.6 Å². The van der Waals surface area contributed by atoms with Gasteiger partial charge in [-0.1, -0.05) is 48.5 Å². The molecular weight excluding hydrogens is 375 g/mol. The van der Waals surface area contributed by atoms with Crippen molar-refractivity contribution in [3.8, 4) is 0 Å². The zero-order valence-corrected chi connectivity index (χ0v) is 16.9. The molecule has 1 aliphatic heterocycles. The summed E-state index contributed by atoms with van der Waals surface area (Å²) in [6, 6.07) is 21.9. The van der Waals surface area contributed by atoms with Crippen molar-refractivity contribution >= 4 is 11.6 Å². The first-order valence-corrected chi connectivity index (χ1v) is 10.6. The number of hydrogen-bond donors (Lipinski definition) is 1. The third kappa shape index (κ3) is 3.88. The van der Waals surface area contributed by atoms with E-state index in [4.69, 9.17) is 0 Å². The first-order valence-electron chi connectivity index (χ1n) is 10.6. The van der Waals surface area contributed by atoms with Gasteiger partial charge in [0.05, 0.1) is 6.42 Å². The van der Waals surface area contributed by atoms with Crippen molar-refractivity contribution in [1.82, 2.24) is 4.90 Å². The number of rotatable bonds is 4. The summed E-state index contributed by atoms with van der Waals surface area (Å²) in [5, 5.41) is 2.94. The Morgan fingerprint density at radius 1 is 0.933 bits per heavy atom. The molecule has 0 saturated carbocycles. The number of amides is 1. The quantitative estimate of drug-likeness (QED) is 0.698. The van der Waals surface area contributed by atoms with Gasteiger partial charge in [0.1, 0.15) is 5.82 Å². The van der Waals surface area contributed by atoms with E-state index in [9.17, 15) is 9.18 Å². The van der Waals surface area contributed by atoms with Crippen molar-refractivity contribution in [1.29, 1.82) is 0 Å². The molecule has 1 heterocycles. The van der Waals surface area contributed by atoms with Crippen molar-refractivity contribution in [2.45, 2.75) is 38.3 Å². The summed E-state index contributed by atoms with van der Waals surface area (Å²) in [5.41, 5.74) is 6.78. The van der Waals surface area contributed by atoms with E-state index in [0.717, 1.165) is 38.0 Å². The van der Waals surface area contributed by atoms with Crippen LogP contribution in [-0.4, -0.2) is 23.4 Å². The normalized spacial score (nSPS) is 16.2. The fraction of sp³-hybridized carbons (Fsp3) is 0.269. The molecule has 3 aromatic rings. The molecule has 0 bridgehead atoms. The summed E-state index contributed by atoms with van der Waals surface area (Å²) >= 11 is 0. The van der Waals surface area contributed by atoms with E-state index in [0.29, 0.717) is 11.6 Å². The van der Waals surface area contributed by atoms with Crippen molar-refractivity contribution in [2.24, 2.45) is 0 Å². The molecular formula is C26H25FN2O. The van der Waals surface area contributed by atoms with Gasteiger partial charge in [-0.2, -0.15) is 0 Å². The van der Waals surface area contributed by atoms with E-state index in [1.807, 2.05) is 6.07 Å². The van der Waals surface area contributed by atoms with Crippen molar-refractivity contribution in [2.75, 3.05) is 11.9 Å². The van der Waals surface area contributed by atoms with Crippen LogP contribution in [0.15, 0.2) is 66.7 Å². The van der Waals surface area contributed by atoms with E-state index in [1.54, 1.807) is 18.2 Å². The number of nitrogens with zero attached hydrogens (tertiary/aromatic N) is 1. The lowest BCUT2D eigenvalue weighted by Crippen LogP contribution is -2.39. The molecule has 1 amide bonds. The molecule has 0 saturated heterocycles. The summed E-state index contributed by atoms with van der Waals surface area (Å²) in [6.07, 6.45) is 3.30.